The summed E-state index contributed by atoms with van der Waals surface area (Å²) in [6.45, 7) is 6.71. The molecule has 10 atom stereocenters. The van der Waals surface area contributed by atoms with Crippen molar-refractivity contribution < 1.29 is 43.0 Å². The lowest BCUT2D eigenvalue weighted by molar-refractivity contribution is -0.205. The van der Waals surface area contributed by atoms with Gasteiger partial charge in [-0.2, -0.15) is 3.89 Å². The molecular weight excluding hydrogens is 553 g/mol. The third-order valence-corrected chi connectivity index (χ3v) is 7.51. The van der Waals surface area contributed by atoms with E-state index in [4.69, 9.17) is 25.8 Å². The van der Waals surface area contributed by atoms with Gasteiger partial charge in [-0.25, -0.2) is 4.79 Å². The molecule has 2 unspecified atom stereocenters. The third kappa shape index (κ3) is 8.32. The molecule has 15 heteroatoms. The molecule has 11 nitrogen and oxygen atoms in total. The molecule has 2 amide bonds. The van der Waals surface area contributed by atoms with Crippen LogP contribution in [0, 0.1) is 5.92 Å². The van der Waals surface area contributed by atoms with Gasteiger partial charge in [0.05, 0.1) is 24.1 Å². The third-order valence-electron chi connectivity index (χ3n) is 6.38. The predicted octanol–water partition coefficient (Wildman–Crippen LogP) is 0.114. The Hall–Kier alpha value is -0.840. The predicted molar refractivity (Wildman–Crippen MR) is 140 cm³/mol. The summed E-state index contributed by atoms with van der Waals surface area (Å²) in [5.74, 6) is -0.527. The molecule has 0 saturated carbocycles. The summed E-state index contributed by atoms with van der Waals surface area (Å²) in [5, 5.41) is 36.3. The van der Waals surface area contributed by atoms with Crippen molar-refractivity contribution in [3.8, 4) is 0 Å². The SMILES string of the molecule is C=CCOC(=O)N1CCO[C@@H]2[C@H](CN[C@@H]2C(=O)N[C@H]([C@H](C)Cl)[C@H]2OC(SC)[C@H](O)[C@H](O)C2O)C1.CSF. The Morgan fingerprint density at radius 3 is 2.59 bits per heavy atom. The van der Waals surface area contributed by atoms with Crippen molar-refractivity contribution in [1.82, 2.24) is 15.5 Å². The maximum Gasteiger partial charge on any atom is 0.410 e. The van der Waals surface area contributed by atoms with E-state index in [9.17, 15) is 28.8 Å². The van der Waals surface area contributed by atoms with Gasteiger partial charge in [-0.15, -0.1) is 23.4 Å². The zero-order chi connectivity index (χ0) is 27.7. The van der Waals surface area contributed by atoms with Crippen LogP contribution >= 0.6 is 35.5 Å². The standard InChI is InChI=1S/C21H34ClN3O8S.CH3FS/c1-4-6-32-21(30)25-5-7-31-17-11(9-25)8-23-13(17)19(29)24-12(10(2)22)18-15(27)14(26)16(28)20(33-18)34-3;1-3-2/h4,10-18,20,23,26-28H,1,5-9H2,2-3H3,(H,24,29);1H3/t10-,11+,12+,13-,14+,15?,16+,17+,18+,20?;/m0./s1. The fraction of sp³-hybridized carbons (Fsp3) is 0.818. The number of alkyl halides is 1. The number of nitrogens with one attached hydrogen (secondary N) is 2. The van der Waals surface area contributed by atoms with E-state index in [1.54, 1.807) is 18.1 Å². The highest BCUT2D eigenvalue weighted by molar-refractivity contribution is 7.99. The molecule has 0 radical (unpaired) electrons. The number of ether oxygens (including phenoxy) is 3. The van der Waals surface area contributed by atoms with Crippen LogP contribution in [0.4, 0.5) is 8.68 Å². The second kappa shape index (κ2) is 15.7. The highest BCUT2D eigenvalue weighted by Gasteiger charge is 2.49. The number of thioether (sulfide) groups is 1. The van der Waals surface area contributed by atoms with Gasteiger partial charge in [-0.3, -0.25) is 4.79 Å². The number of nitrogens with zero attached hydrogens (tertiary/aromatic N) is 1. The second-order valence-corrected chi connectivity index (χ2v) is 10.8. The summed E-state index contributed by atoms with van der Waals surface area (Å²) in [4.78, 5) is 27.1. The molecule has 3 fully saturated rings. The van der Waals surface area contributed by atoms with E-state index in [-0.39, 0.29) is 31.3 Å². The van der Waals surface area contributed by atoms with Crippen LogP contribution in [-0.2, 0) is 19.0 Å². The Bertz CT molecular complexity index is 759. The van der Waals surface area contributed by atoms with Gasteiger partial charge in [0.25, 0.3) is 0 Å². The zero-order valence-electron chi connectivity index (χ0n) is 21.0. The van der Waals surface area contributed by atoms with Gasteiger partial charge < -0.3 is 45.1 Å². The lowest BCUT2D eigenvalue weighted by atomic mass is 9.92. The number of carbonyl (C=O) groups excluding carboxylic acids is 2. The molecule has 0 aliphatic carbocycles. The van der Waals surface area contributed by atoms with Crippen LogP contribution in [0.15, 0.2) is 12.7 Å². The van der Waals surface area contributed by atoms with Crippen molar-refractivity contribution >= 4 is 47.5 Å². The van der Waals surface area contributed by atoms with Crippen molar-refractivity contribution in [3.05, 3.63) is 12.7 Å². The number of fused-ring (bicyclic) bond motifs is 1. The molecule has 0 aromatic rings. The summed E-state index contributed by atoms with van der Waals surface area (Å²) < 4.78 is 27.1. The molecule has 5 N–H and O–H groups in total. The molecule has 0 aromatic heterocycles. The summed E-state index contributed by atoms with van der Waals surface area (Å²) in [6, 6.07) is -1.56. The maximum atomic E-state index is 13.2. The Balaban J connectivity index is 0.00000153. The first-order valence-electron chi connectivity index (χ1n) is 11.8. The highest BCUT2D eigenvalue weighted by Crippen LogP contribution is 2.31. The van der Waals surface area contributed by atoms with Gasteiger partial charge in [0.15, 0.2) is 0 Å². The highest BCUT2D eigenvalue weighted by atomic mass is 35.5. The average Bonchev–Trinajstić information content (AvgIpc) is 3.14. The molecule has 214 valence electrons. The molecule has 3 aliphatic rings. The van der Waals surface area contributed by atoms with Gasteiger partial charge in [-0.05, 0) is 13.2 Å². The topological polar surface area (TPSA) is 150 Å². The van der Waals surface area contributed by atoms with Crippen LogP contribution < -0.4 is 10.6 Å². The number of hydrogen-bond donors (Lipinski definition) is 5. The Morgan fingerprint density at radius 1 is 1.32 bits per heavy atom. The number of hydrogen-bond acceptors (Lipinski definition) is 11. The van der Waals surface area contributed by atoms with Gasteiger partial charge in [0.2, 0.25) is 5.91 Å². The monoisotopic (exact) mass is 589 g/mol. The number of aliphatic hydroxyl groups is 3. The van der Waals surface area contributed by atoms with Gasteiger partial charge in [-0.1, -0.05) is 12.7 Å². The molecule has 3 heterocycles. The minimum atomic E-state index is -1.45. The lowest BCUT2D eigenvalue weighted by Crippen LogP contribution is -2.65. The van der Waals surface area contributed by atoms with Crippen LogP contribution in [0.25, 0.3) is 0 Å². The van der Waals surface area contributed by atoms with Crippen LogP contribution in [0.1, 0.15) is 6.92 Å². The molecule has 3 rings (SSSR count). The van der Waals surface area contributed by atoms with Crippen LogP contribution in [0.5, 0.6) is 0 Å². The number of halogens is 2. The van der Waals surface area contributed by atoms with Gasteiger partial charge >= 0.3 is 6.09 Å². The summed E-state index contributed by atoms with van der Waals surface area (Å²) in [6.07, 6.45) is -1.57. The Kier molecular flexibility index (Phi) is 13.7. The molecule has 0 aromatic carbocycles. The van der Waals surface area contributed by atoms with E-state index < -0.39 is 65.4 Å². The zero-order valence-corrected chi connectivity index (χ0v) is 23.4. The maximum absolute atomic E-state index is 13.2. The average molecular weight is 590 g/mol. The largest absolute Gasteiger partial charge is 0.445 e. The second-order valence-electron chi connectivity index (χ2n) is 8.84. The first-order chi connectivity index (χ1) is 17.6. The smallest absolute Gasteiger partial charge is 0.410 e. The number of amides is 2. The van der Waals surface area contributed by atoms with Gasteiger partial charge in [0, 0.05) is 44.0 Å². The van der Waals surface area contributed by atoms with Crippen molar-refractivity contribution in [3.63, 3.8) is 0 Å². The number of carbonyl (C=O) groups is 2. The van der Waals surface area contributed by atoms with E-state index in [0.717, 1.165) is 0 Å². The fourth-order valence-electron chi connectivity index (χ4n) is 4.56. The minimum Gasteiger partial charge on any atom is -0.445 e. The van der Waals surface area contributed by atoms with E-state index >= 15 is 0 Å². The van der Waals surface area contributed by atoms with Crippen LogP contribution in [-0.4, -0.2) is 131 Å². The molecular formula is C22H37ClFN3O8S2. The van der Waals surface area contributed by atoms with Crippen molar-refractivity contribution in [2.75, 3.05) is 45.4 Å². The normalized spacial score (nSPS) is 35.2. The van der Waals surface area contributed by atoms with E-state index in [0.29, 0.717) is 19.6 Å². The van der Waals surface area contributed by atoms with E-state index in [2.05, 4.69) is 17.2 Å². The number of rotatable bonds is 7. The minimum absolute atomic E-state index is 0.115. The number of aliphatic hydroxyl groups excluding tert-OH is 3. The Labute approximate surface area is 230 Å². The molecule has 3 aliphatic heterocycles. The Morgan fingerprint density at radius 2 is 2.00 bits per heavy atom. The van der Waals surface area contributed by atoms with Crippen molar-refractivity contribution in [2.45, 2.75) is 60.3 Å². The summed E-state index contributed by atoms with van der Waals surface area (Å²) in [5.41, 5.74) is -0.788. The van der Waals surface area contributed by atoms with Crippen molar-refractivity contribution in [2.24, 2.45) is 5.92 Å². The molecule has 0 spiro atoms. The lowest BCUT2D eigenvalue weighted by Gasteiger charge is -2.44. The van der Waals surface area contributed by atoms with Crippen molar-refractivity contribution in [1.29, 1.82) is 0 Å². The summed E-state index contributed by atoms with van der Waals surface area (Å²) in [7, 11) is 0. The van der Waals surface area contributed by atoms with Gasteiger partial charge in [0.1, 0.15) is 42.5 Å². The van der Waals surface area contributed by atoms with Crippen LogP contribution in [0.3, 0.4) is 0 Å². The summed E-state index contributed by atoms with van der Waals surface area (Å²) >= 11 is 7.79. The van der Waals surface area contributed by atoms with Crippen LogP contribution in [0.2, 0.25) is 0 Å². The van der Waals surface area contributed by atoms with E-state index in [1.807, 2.05) is 0 Å². The quantitative estimate of drug-likeness (QED) is 0.203. The first-order valence-corrected chi connectivity index (χ1v) is 14.6. The first kappa shape index (κ1) is 32.4. The molecule has 37 heavy (non-hydrogen) atoms. The molecule has 3 saturated heterocycles. The van der Waals surface area contributed by atoms with E-state index in [1.165, 1.54) is 24.1 Å². The molecule has 0 bridgehead atoms. The fourth-order valence-corrected chi connectivity index (χ4v) is 5.45.